The van der Waals surface area contributed by atoms with Crippen LogP contribution in [0.5, 0.6) is 0 Å². The highest BCUT2D eigenvalue weighted by Crippen LogP contribution is 2.30. The molecule has 0 saturated heterocycles. The Labute approximate surface area is 147 Å². The Hall–Kier alpha value is -2.06. The van der Waals surface area contributed by atoms with Gasteiger partial charge in [0.05, 0.1) is 4.92 Å². The second-order valence-corrected chi connectivity index (χ2v) is 7.23. The largest absolute Gasteiger partial charge is 0.296 e. The third-order valence-corrected chi connectivity index (χ3v) is 5.12. The molecule has 1 aliphatic rings. The van der Waals surface area contributed by atoms with E-state index in [1.165, 1.54) is 49.2 Å². The molecule has 7 nitrogen and oxygen atoms in total. The number of benzene rings is 1. The molecule has 1 fully saturated rings. The first-order valence-electron chi connectivity index (χ1n) is 7.60. The van der Waals surface area contributed by atoms with Crippen molar-refractivity contribution in [2.45, 2.75) is 32.1 Å². The van der Waals surface area contributed by atoms with Gasteiger partial charge in [0.2, 0.25) is 5.13 Å². The quantitative estimate of drug-likeness (QED) is 0.634. The lowest BCUT2D eigenvalue weighted by molar-refractivity contribution is -0.385. The third-order valence-electron chi connectivity index (χ3n) is 4.03. The van der Waals surface area contributed by atoms with Crippen LogP contribution in [0.4, 0.5) is 10.8 Å². The van der Waals surface area contributed by atoms with Crippen molar-refractivity contribution in [1.82, 2.24) is 10.2 Å². The average molecular weight is 367 g/mol. The van der Waals surface area contributed by atoms with E-state index in [0.29, 0.717) is 11.0 Å². The first kappa shape index (κ1) is 16.8. The topological polar surface area (TPSA) is 98.0 Å². The monoisotopic (exact) mass is 366 g/mol. The van der Waals surface area contributed by atoms with E-state index >= 15 is 0 Å². The van der Waals surface area contributed by atoms with Gasteiger partial charge in [-0.1, -0.05) is 48.6 Å². The Morgan fingerprint density at radius 2 is 2.12 bits per heavy atom. The first-order chi connectivity index (χ1) is 11.5. The minimum Gasteiger partial charge on any atom is -0.296 e. The van der Waals surface area contributed by atoms with Crippen LogP contribution in [0.25, 0.3) is 0 Å². The van der Waals surface area contributed by atoms with Crippen LogP contribution in [-0.2, 0) is 6.42 Å². The smallest absolute Gasteiger partial charge is 0.283 e. The zero-order chi connectivity index (χ0) is 17.1. The predicted molar refractivity (Wildman–Crippen MR) is 91.6 cm³/mol. The maximum Gasteiger partial charge on any atom is 0.283 e. The van der Waals surface area contributed by atoms with Crippen molar-refractivity contribution < 1.29 is 9.72 Å². The van der Waals surface area contributed by atoms with Crippen LogP contribution in [0.1, 0.15) is 41.0 Å². The number of rotatable bonds is 5. The molecule has 0 unspecified atom stereocenters. The van der Waals surface area contributed by atoms with E-state index in [9.17, 15) is 14.9 Å². The summed E-state index contributed by atoms with van der Waals surface area (Å²) >= 11 is 7.06. The van der Waals surface area contributed by atoms with Gasteiger partial charge in [-0.15, -0.1) is 10.2 Å². The molecular formula is C15H15ClN4O3S. The van der Waals surface area contributed by atoms with Crippen LogP contribution in [0.3, 0.4) is 0 Å². The minimum atomic E-state index is -0.633. The molecule has 1 aliphatic carbocycles. The van der Waals surface area contributed by atoms with Crippen LogP contribution < -0.4 is 5.32 Å². The van der Waals surface area contributed by atoms with Crippen LogP contribution in [0, 0.1) is 16.0 Å². The van der Waals surface area contributed by atoms with E-state index in [1.807, 2.05) is 0 Å². The van der Waals surface area contributed by atoms with Gasteiger partial charge in [-0.3, -0.25) is 20.2 Å². The van der Waals surface area contributed by atoms with Crippen molar-refractivity contribution in [2.24, 2.45) is 5.92 Å². The average Bonchev–Trinajstić information content (AvgIpc) is 3.19. The fraction of sp³-hybridized carbons (Fsp3) is 0.400. The fourth-order valence-electron chi connectivity index (χ4n) is 2.86. The number of carbonyl (C=O) groups excluding carboxylic acids is 1. The van der Waals surface area contributed by atoms with Crippen LogP contribution in [0.15, 0.2) is 18.2 Å². The Balaban J connectivity index is 1.71. The Kier molecular flexibility index (Phi) is 5.06. The predicted octanol–water partition coefficient (Wildman–Crippen LogP) is 4.08. The Morgan fingerprint density at radius 3 is 2.83 bits per heavy atom. The highest BCUT2D eigenvalue weighted by atomic mass is 35.5. The maximum absolute atomic E-state index is 12.3. The summed E-state index contributed by atoms with van der Waals surface area (Å²) in [5.74, 6) is 0.0424. The second-order valence-electron chi connectivity index (χ2n) is 5.73. The Bertz CT molecular complexity index is 774. The molecule has 0 aliphatic heterocycles. The molecule has 1 amide bonds. The summed E-state index contributed by atoms with van der Waals surface area (Å²) in [6, 6.07) is 3.92. The minimum absolute atomic E-state index is 0.0584. The van der Waals surface area contributed by atoms with Gasteiger partial charge < -0.3 is 0 Å². The van der Waals surface area contributed by atoms with E-state index in [-0.39, 0.29) is 16.3 Å². The molecule has 2 aromatic rings. The third kappa shape index (κ3) is 3.88. The SMILES string of the molecule is O=C(Nc1nnc(CC2CCCC2)s1)c1ccc(Cl)cc1[N+](=O)[O-]. The molecule has 126 valence electrons. The van der Waals surface area contributed by atoms with E-state index in [0.717, 1.165) is 17.5 Å². The summed E-state index contributed by atoms with van der Waals surface area (Å²) in [6.45, 7) is 0. The molecule has 24 heavy (non-hydrogen) atoms. The number of aromatic nitrogens is 2. The lowest BCUT2D eigenvalue weighted by Gasteiger charge is -2.04. The molecule has 1 aromatic carbocycles. The number of hydrogen-bond acceptors (Lipinski definition) is 6. The van der Waals surface area contributed by atoms with Gasteiger partial charge >= 0.3 is 0 Å². The number of nitro groups is 1. The van der Waals surface area contributed by atoms with Gasteiger partial charge in [-0.05, 0) is 18.1 Å². The molecular weight excluding hydrogens is 352 g/mol. The summed E-state index contributed by atoms with van der Waals surface area (Å²) < 4.78 is 0. The Morgan fingerprint density at radius 1 is 1.38 bits per heavy atom. The van der Waals surface area contributed by atoms with Gasteiger partial charge in [-0.2, -0.15) is 0 Å². The van der Waals surface area contributed by atoms with Crippen molar-refractivity contribution in [1.29, 1.82) is 0 Å². The number of nitrogens with zero attached hydrogens (tertiary/aromatic N) is 3. The molecule has 3 rings (SSSR count). The van der Waals surface area contributed by atoms with Gasteiger partial charge in [-0.25, -0.2) is 0 Å². The molecule has 1 saturated carbocycles. The van der Waals surface area contributed by atoms with E-state index in [4.69, 9.17) is 11.6 Å². The number of hydrogen-bond donors (Lipinski definition) is 1. The molecule has 0 radical (unpaired) electrons. The highest BCUT2D eigenvalue weighted by molar-refractivity contribution is 7.15. The van der Waals surface area contributed by atoms with Gasteiger partial charge in [0.1, 0.15) is 10.6 Å². The van der Waals surface area contributed by atoms with Crippen LogP contribution in [0.2, 0.25) is 5.02 Å². The van der Waals surface area contributed by atoms with Gasteiger partial charge in [0.15, 0.2) is 0 Å². The highest BCUT2D eigenvalue weighted by Gasteiger charge is 2.22. The summed E-state index contributed by atoms with van der Waals surface area (Å²) in [7, 11) is 0. The number of nitro benzene ring substituents is 1. The number of carbonyl (C=O) groups is 1. The van der Waals surface area contributed by atoms with Gasteiger partial charge in [0, 0.05) is 17.5 Å². The van der Waals surface area contributed by atoms with Crippen LogP contribution in [-0.4, -0.2) is 21.0 Å². The summed E-state index contributed by atoms with van der Waals surface area (Å²) in [5.41, 5.74) is -0.396. The zero-order valence-electron chi connectivity index (χ0n) is 12.7. The lowest BCUT2D eigenvalue weighted by atomic mass is 10.1. The number of nitrogens with one attached hydrogen (secondary N) is 1. The van der Waals surface area contributed by atoms with Crippen molar-refractivity contribution in [3.8, 4) is 0 Å². The second kappa shape index (κ2) is 7.23. The summed E-state index contributed by atoms with van der Waals surface area (Å²) in [4.78, 5) is 22.7. The summed E-state index contributed by atoms with van der Waals surface area (Å²) in [6.07, 6.45) is 5.80. The van der Waals surface area contributed by atoms with E-state index in [2.05, 4.69) is 15.5 Å². The fourth-order valence-corrected chi connectivity index (χ4v) is 3.88. The number of anilines is 1. The van der Waals surface area contributed by atoms with E-state index in [1.54, 1.807) is 0 Å². The van der Waals surface area contributed by atoms with Crippen molar-refractivity contribution >= 4 is 39.7 Å². The van der Waals surface area contributed by atoms with Crippen molar-refractivity contribution in [2.75, 3.05) is 5.32 Å². The van der Waals surface area contributed by atoms with Gasteiger partial charge in [0.25, 0.3) is 11.6 Å². The first-order valence-corrected chi connectivity index (χ1v) is 8.80. The molecule has 0 atom stereocenters. The van der Waals surface area contributed by atoms with Crippen molar-refractivity contribution in [3.63, 3.8) is 0 Å². The zero-order valence-corrected chi connectivity index (χ0v) is 14.3. The molecule has 1 N–H and O–H groups in total. The number of amides is 1. The number of halogens is 1. The lowest BCUT2D eigenvalue weighted by Crippen LogP contribution is -2.13. The standard InChI is InChI=1S/C15H15ClN4O3S/c16-10-5-6-11(12(8-10)20(22)23)14(21)17-15-19-18-13(24-15)7-9-3-1-2-4-9/h5-6,8-9H,1-4,7H2,(H,17,19,21). The normalized spacial score (nSPS) is 14.7. The maximum atomic E-state index is 12.3. The molecule has 1 aromatic heterocycles. The van der Waals surface area contributed by atoms with E-state index < -0.39 is 10.8 Å². The molecule has 0 bridgehead atoms. The molecule has 1 heterocycles. The molecule has 9 heteroatoms. The summed E-state index contributed by atoms with van der Waals surface area (Å²) in [5, 5.41) is 23.1. The molecule has 0 spiro atoms. The van der Waals surface area contributed by atoms with Crippen LogP contribution >= 0.6 is 22.9 Å². The van der Waals surface area contributed by atoms with Crippen molar-refractivity contribution in [3.05, 3.63) is 43.9 Å².